The van der Waals surface area contributed by atoms with Crippen molar-refractivity contribution in [2.45, 2.75) is 31.9 Å². The van der Waals surface area contributed by atoms with Crippen molar-refractivity contribution in [3.8, 4) is 5.75 Å². The Morgan fingerprint density at radius 3 is 2.85 bits per heavy atom. The van der Waals surface area contributed by atoms with Gasteiger partial charge >= 0.3 is 6.61 Å². The molecule has 0 saturated carbocycles. The number of rotatable bonds is 4. The number of piperidine rings is 1. The van der Waals surface area contributed by atoms with E-state index in [1.54, 1.807) is 0 Å². The van der Waals surface area contributed by atoms with E-state index in [0.29, 0.717) is 5.69 Å². The van der Waals surface area contributed by atoms with Gasteiger partial charge in [-0.15, -0.1) is 0 Å². The molecule has 4 nitrogen and oxygen atoms in total. The highest BCUT2D eigenvalue weighted by Crippen LogP contribution is 2.29. The van der Waals surface area contributed by atoms with Gasteiger partial charge in [0.25, 0.3) is 0 Å². The second-order valence-corrected chi connectivity index (χ2v) is 4.92. The fourth-order valence-corrected chi connectivity index (χ4v) is 2.30. The number of alkyl halides is 2. The minimum Gasteiger partial charge on any atom is -0.433 e. The molecule has 0 bridgehead atoms. The van der Waals surface area contributed by atoms with E-state index < -0.39 is 6.61 Å². The SMILES string of the molecule is O=C(Nc1ccc(OC(F)F)c(Cl)c1)[C@H]1CCCCN1. The van der Waals surface area contributed by atoms with Crippen LogP contribution in [0.2, 0.25) is 5.02 Å². The minimum atomic E-state index is -2.93. The third kappa shape index (κ3) is 4.05. The highest BCUT2D eigenvalue weighted by Gasteiger charge is 2.20. The van der Waals surface area contributed by atoms with Crippen LogP contribution in [0.1, 0.15) is 19.3 Å². The van der Waals surface area contributed by atoms with E-state index >= 15 is 0 Å². The topological polar surface area (TPSA) is 50.4 Å². The molecule has 1 aliphatic rings. The molecule has 0 spiro atoms. The number of carbonyl (C=O) groups excluding carboxylic acids is 1. The number of ether oxygens (including phenoxy) is 1. The van der Waals surface area contributed by atoms with E-state index in [1.165, 1.54) is 18.2 Å². The van der Waals surface area contributed by atoms with E-state index in [2.05, 4.69) is 15.4 Å². The van der Waals surface area contributed by atoms with Gasteiger partial charge in [0.1, 0.15) is 5.75 Å². The van der Waals surface area contributed by atoms with Crippen LogP contribution in [0.15, 0.2) is 18.2 Å². The maximum Gasteiger partial charge on any atom is 0.387 e. The van der Waals surface area contributed by atoms with Gasteiger partial charge in [-0.25, -0.2) is 0 Å². The average Bonchev–Trinajstić information content (AvgIpc) is 2.42. The van der Waals surface area contributed by atoms with Crippen LogP contribution in [-0.4, -0.2) is 25.1 Å². The summed E-state index contributed by atoms with van der Waals surface area (Å²) in [5.74, 6) is -0.265. The lowest BCUT2D eigenvalue weighted by atomic mass is 10.0. The van der Waals surface area contributed by atoms with Crippen LogP contribution >= 0.6 is 11.6 Å². The van der Waals surface area contributed by atoms with Crippen LogP contribution < -0.4 is 15.4 Å². The summed E-state index contributed by atoms with van der Waals surface area (Å²) in [6.45, 7) is -2.11. The highest BCUT2D eigenvalue weighted by atomic mass is 35.5. The largest absolute Gasteiger partial charge is 0.433 e. The smallest absolute Gasteiger partial charge is 0.387 e. The molecule has 1 fully saturated rings. The summed E-state index contributed by atoms with van der Waals surface area (Å²) in [7, 11) is 0. The summed E-state index contributed by atoms with van der Waals surface area (Å²) in [5.41, 5.74) is 0.453. The Morgan fingerprint density at radius 2 is 2.25 bits per heavy atom. The van der Waals surface area contributed by atoms with Crippen molar-refractivity contribution in [3.05, 3.63) is 23.2 Å². The van der Waals surface area contributed by atoms with Crippen LogP contribution in [0, 0.1) is 0 Å². The minimum absolute atomic E-state index is 0.0275. The lowest BCUT2D eigenvalue weighted by Crippen LogP contribution is -2.43. The van der Waals surface area contributed by atoms with Gasteiger partial charge in [-0.05, 0) is 37.6 Å². The van der Waals surface area contributed by atoms with E-state index in [4.69, 9.17) is 11.6 Å². The van der Waals surface area contributed by atoms with E-state index in [1.807, 2.05) is 0 Å². The van der Waals surface area contributed by atoms with E-state index in [0.717, 1.165) is 25.8 Å². The summed E-state index contributed by atoms with van der Waals surface area (Å²) in [5, 5.41) is 5.85. The molecule has 20 heavy (non-hydrogen) atoms. The molecule has 110 valence electrons. The van der Waals surface area contributed by atoms with Crippen molar-refractivity contribution in [1.29, 1.82) is 0 Å². The predicted molar refractivity (Wildman–Crippen MR) is 72.4 cm³/mol. The number of anilines is 1. The summed E-state index contributed by atoms with van der Waals surface area (Å²) in [4.78, 5) is 12.0. The van der Waals surface area contributed by atoms with Gasteiger partial charge in [-0.1, -0.05) is 18.0 Å². The van der Waals surface area contributed by atoms with Crippen LogP contribution in [0.5, 0.6) is 5.75 Å². The first kappa shape index (κ1) is 15.0. The first-order chi connectivity index (χ1) is 9.56. The maximum absolute atomic E-state index is 12.1. The van der Waals surface area contributed by atoms with Crippen LogP contribution in [-0.2, 0) is 4.79 Å². The standard InChI is InChI=1S/C13H15ClF2N2O2/c14-9-7-8(4-5-11(9)20-13(15)16)18-12(19)10-3-1-2-6-17-10/h4-5,7,10,13,17H,1-3,6H2,(H,18,19)/t10-/m1/s1. The number of hydrogen-bond acceptors (Lipinski definition) is 3. The highest BCUT2D eigenvalue weighted by molar-refractivity contribution is 6.32. The van der Waals surface area contributed by atoms with Gasteiger partial charge in [0, 0.05) is 5.69 Å². The number of carbonyl (C=O) groups is 1. The molecule has 1 atom stereocenters. The van der Waals surface area contributed by atoms with Crippen molar-refractivity contribution >= 4 is 23.2 Å². The molecule has 1 amide bonds. The summed E-state index contributed by atoms with van der Waals surface area (Å²) in [6.07, 6.45) is 2.86. The lowest BCUT2D eigenvalue weighted by Gasteiger charge is -2.22. The summed E-state index contributed by atoms with van der Waals surface area (Å²) in [6, 6.07) is 3.95. The zero-order valence-corrected chi connectivity index (χ0v) is 11.4. The Labute approximate surface area is 120 Å². The summed E-state index contributed by atoms with van der Waals surface area (Å²) >= 11 is 5.82. The van der Waals surface area contributed by atoms with Crippen LogP contribution in [0.25, 0.3) is 0 Å². The van der Waals surface area contributed by atoms with Gasteiger partial charge in [-0.3, -0.25) is 4.79 Å². The van der Waals surface area contributed by atoms with Crippen LogP contribution in [0.4, 0.5) is 14.5 Å². The number of halogens is 3. The predicted octanol–water partition coefficient (Wildman–Crippen LogP) is 3.02. The molecule has 0 aliphatic carbocycles. The quantitative estimate of drug-likeness (QED) is 0.899. The van der Waals surface area contributed by atoms with Crippen LogP contribution in [0.3, 0.4) is 0 Å². The molecule has 1 saturated heterocycles. The second kappa shape index (κ2) is 6.85. The Kier molecular flexibility index (Phi) is 5.14. The molecule has 0 unspecified atom stereocenters. The summed E-state index contributed by atoms with van der Waals surface area (Å²) < 4.78 is 28.4. The van der Waals surface area contributed by atoms with Crippen molar-refractivity contribution in [3.63, 3.8) is 0 Å². The van der Waals surface area contributed by atoms with Gasteiger partial charge in [0.05, 0.1) is 11.1 Å². The van der Waals surface area contributed by atoms with Gasteiger partial charge in [-0.2, -0.15) is 8.78 Å². The van der Waals surface area contributed by atoms with Crippen molar-refractivity contribution < 1.29 is 18.3 Å². The molecule has 2 N–H and O–H groups in total. The molecule has 0 radical (unpaired) electrons. The molecule has 1 heterocycles. The lowest BCUT2D eigenvalue weighted by molar-refractivity contribution is -0.118. The molecule has 1 aromatic rings. The molecular weight excluding hydrogens is 290 g/mol. The van der Waals surface area contributed by atoms with Gasteiger partial charge < -0.3 is 15.4 Å². The maximum atomic E-state index is 12.1. The zero-order chi connectivity index (χ0) is 14.5. The zero-order valence-electron chi connectivity index (χ0n) is 10.7. The average molecular weight is 305 g/mol. The number of nitrogens with one attached hydrogen (secondary N) is 2. The van der Waals surface area contributed by atoms with Crippen molar-refractivity contribution in [2.24, 2.45) is 0 Å². The molecule has 1 aliphatic heterocycles. The molecular formula is C13H15ClF2N2O2. The van der Waals surface area contributed by atoms with Crippen molar-refractivity contribution in [1.82, 2.24) is 5.32 Å². The Balaban J connectivity index is 1.99. The van der Waals surface area contributed by atoms with Gasteiger partial charge in [0.15, 0.2) is 0 Å². The number of benzene rings is 1. The molecule has 7 heteroatoms. The fourth-order valence-electron chi connectivity index (χ4n) is 2.08. The Bertz CT molecular complexity index is 479. The first-order valence-corrected chi connectivity index (χ1v) is 6.72. The Morgan fingerprint density at radius 1 is 1.45 bits per heavy atom. The Hall–Kier alpha value is -1.40. The van der Waals surface area contributed by atoms with Crippen molar-refractivity contribution in [2.75, 3.05) is 11.9 Å². The van der Waals surface area contributed by atoms with E-state index in [-0.39, 0.29) is 22.7 Å². The van der Waals surface area contributed by atoms with E-state index in [9.17, 15) is 13.6 Å². The third-order valence-corrected chi connectivity index (χ3v) is 3.34. The van der Waals surface area contributed by atoms with Gasteiger partial charge in [0.2, 0.25) is 5.91 Å². The number of amides is 1. The number of hydrogen-bond donors (Lipinski definition) is 2. The monoisotopic (exact) mass is 304 g/mol. The third-order valence-electron chi connectivity index (χ3n) is 3.04. The normalized spacial score (nSPS) is 18.9. The molecule has 1 aromatic carbocycles. The first-order valence-electron chi connectivity index (χ1n) is 6.35. The molecule has 2 rings (SSSR count). The molecule has 0 aromatic heterocycles. The fraction of sp³-hybridized carbons (Fsp3) is 0.462. The second-order valence-electron chi connectivity index (χ2n) is 4.52.